The zero-order chi connectivity index (χ0) is 23.8. The molecule has 1 atom stereocenters. The molecule has 1 aliphatic rings. The number of piperazine rings is 1. The van der Waals surface area contributed by atoms with Gasteiger partial charge in [0.15, 0.2) is 0 Å². The van der Waals surface area contributed by atoms with E-state index in [1.54, 1.807) is 13.8 Å². The van der Waals surface area contributed by atoms with Crippen LogP contribution in [0.25, 0.3) is 0 Å². The third-order valence-electron chi connectivity index (χ3n) is 5.75. The number of carbonyl (C=O) groups excluding carboxylic acids is 2. The number of aromatic nitrogens is 2. The summed E-state index contributed by atoms with van der Waals surface area (Å²) in [6, 6.07) is 1.94. The number of amides is 2. The summed E-state index contributed by atoms with van der Waals surface area (Å²) >= 11 is 0. The van der Waals surface area contributed by atoms with Crippen LogP contribution in [0.15, 0.2) is 23.0 Å². The number of nitrogens with zero attached hydrogens (tertiary/aromatic N) is 3. The minimum absolute atomic E-state index is 0.144. The molecule has 0 saturated carbocycles. The Balaban J connectivity index is 1.79. The second-order valence-electron chi connectivity index (χ2n) is 7.77. The number of alkyl halides is 3. The van der Waals surface area contributed by atoms with Gasteiger partial charge in [-0.3, -0.25) is 14.4 Å². The second kappa shape index (κ2) is 8.71. The average Bonchev–Trinajstić information content (AvgIpc) is 2.73. The number of hydrogen-bond donors (Lipinski definition) is 1. The summed E-state index contributed by atoms with van der Waals surface area (Å²) < 4.78 is 53.2. The van der Waals surface area contributed by atoms with Crippen molar-refractivity contribution < 1.29 is 27.2 Å². The van der Waals surface area contributed by atoms with Crippen LogP contribution in [0.1, 0.15) is 39.7 Å². The molecule has 1 aliphatic heterocycles. The fourth-order valence-corrected chi connectivity index (χ4v) is 3.50. The van der Waals surface area contributed by atoms with E-state index in [1.165, 1.54) is 12.1 Å². The van der Waals surface area contributed by atoms with Gasteiger partial charge in [-0.25, -0.2) is 9.49 Å². The molecular formula is C21H22F4N4O3. The van der Waals surface area contributed by atoms with Crippen LogP contribution in [-0.4, -0.2) is 63.7 Å². The molecule has 1 fully saturated rings. The predicted octanol–water partition coefficient (Wildman–Crippen LogP) is 2.35. The summed E-state index contributed by atoms with van der Waals surface area (Å²) in [5.41, 5.74) is 1.67. The number of H-pyrrole nitrogens is 1. The van der Waals surface area contributed by atoms with E-state index >= 15 is 0 Å². The number of rotatable bonds is 4. The van der Waals surface area contributed by atoms with Crippen molar-refractivity contribution in [3.63, 3.8) is 0 Å². The van der Waals surface area contributed by atoms with Crippen LogP contribution < -0.4 is 5.56 Å². The van der Waals surface area contributed by atoms with E-state index < -0.39 is 36.4 Å². The molecule has 1 aromatic carbocycles. The highest BCUT2D eigenvalue weighted by molar-refractivity contribution is 5.97. The molecule has 1 saturated heterocycles. The Morgan fingerprint density at radius 1 is 1.19 bits per heavy atom. The summed E-state index contributed by atoms with van der Waals surface area (Å²) in [6.45, 7) is 3.25. The van der Waals surface area contributed by atoms with Crippen molar-refractivity contribution in [2.75, 3.05) is 19.6 Å². The number of benzene rings is 1. The van der Waals surface area contributed by atoms with Crippen molar-refractivity contribution in [3.05, 3.63) is 62.3 Å². The number of aromatic amines is 1. The van der Waals surface area contributed by atoms with E-state index in [2.05, 4.69) is 10.2 Å². The van der Waals surface area contributed by atoms with Gasteiger partial charge in [0.2, 0.25) is 5.91 Å². The van der Waals surface area contributed by atoms with E-state index in [1.807, 2.05) is 0 Å². The highest BCUT2D eigenvalue weighted by Crippen LogP contribution is 2.26. The molecular weight excluding hydrogens is 432 g/mol. The molecule has 0 spiro atoms. The Bertz CT molecular complexity index is 1110. The van der Waals surface area contributed by atoms with Gasteiger partial charge in [-0.05, 0) is 44.0 Å². The van der Waals surface area contributed by atoms with E-state index in [4.69, 9.17) is 0 Å². The van der Waals surface area contributed by atoms with Crippen LogP contribution in [0, 0.1) is 19.7 Å². The maximum Gasteiger partial charge on any atom is 0.408 e. The number of halogens is 4. The van der Waals surface area contributed by atoms with Crippen LogP contribution in [0.5, 0.6) is 0 Å². The van der Waals surface area contributed by atoms with Gasteiger partial charge in [0, 0.05) is 25.1 Å². The Morgan fingerprint density at radius 3 is 2.50 bits per heavy atom. The van der Waals surface area contributed by atoms with Gasteiger partial charge in [-0.2, -0.15) is 18.3 Å². The standard InChI is InChI=1S/C21H22F4N4O3/c1-11-12(2)19(31)27-26-17(11)9-14-4-5-16(22)15(8-14)20(32)28-6-7-29(18(30)10-28)13(3)21(23,24)25/h4-5,8,13H,6-7,9-10H2,1-3H3,(H,27,31)/t13-/m1/s1. The van der Waals surface area contributed by atoms with Crippen LogP contribution in [-0.2, 0) is 11.2 Å². The topological polar surface area (TPSA) is 86.4 Å². The van der Waals surface area contributed by atoms with Crippen molar-refractivity contribution in [2.24, 2.45) is 0 Å². The fraction of sp³-hybridized carbons (Fsp3) is 0.429. The minimum atomic E-state index is -4.57. The number of nitrogens with one attached hydrogen (secondary N) is 1. The monoisotopic (exact) mass is 454 g/mol. The van der Waals surface area contributed by atoms with Gasteiger partial charge < -0.3 is 9.80 Å². The van der Waals surface area contributed by atoms with Crippen molar-refractivity contribution in [1.82, 2.24) is 20.0 Å². The van der Waals surface area contributed by atoms with Gasteiger partial charge >= 0.3 is 6.18 Å². The molecule has 2 amide bonds. The molecule has 1 aromatic heterocycles. The van der Waals surface area contributed by atoms with E-state index in [0.29, 0.717) is 27.3 Å². The Morgan fingerprint density at radius 2 is 1.88 bits per heavy atom. The van der Waals surface area contributed by atoms with E-state index in [-0.39, 0.29) is 30.6 Å². The zero-order valence-electron chi connectivity index (χ0n) is 17.7. The summed E-state index contributed by atoms with van der Waals surface area (Å²) in [5, 5.41) is 6.39. The van der Waals surface area contributed by atoms with Crippen molar-refractivity contribution in [2.45, 2.75) is 39.4 Å². The van der Waals surface area contributed by atoms with Crippen LogP contribution in [0.3, 0.4) is 0 Å². The molecule has 11 heteroatoms. The fourth-order valence-electron chi connectivity index (χ4n) is 3.50. The van der Waals surface area contributed by atoms with Gasteiger partial charge in [-0.1, -0.05) is 6.07 Å². The van der Waals surface area contributed by atoms with Crippen molar-refractivity contribution in [1.29, 1.82) is 0 Å². The van der Waals surface area contributed by atoms with Crippen molar-refractivity contribution in [3.8, 4) is 0 Å². The van der Waals surface area contributed by atoms with Crippen LogP contribution >= 0.6 is 0 Å². The molecule has 0 bridgehead atoms. The van der Waals surface area contributed by atoms with Gasteiger partial charge in [0.05, 0.1) is 11.3 Å². The molecule has 172 valence electrons. The van der Waals surface area contributed by atoms with Gasteiger partial charge in [0.1, 0.15) is 18.4 Å². The first-order valence-electron chi connectivity index (χ1n) is 9.88. The zero-order valence-corrected chi connectivity index (χ0v) is 17.7. The minimum Gasteiger partial charge on any atom is -0.328 e. The molecule has 2 heterocycles. The first kappa shape index (κ1) is 23.4. The molecule has 32 heavy (non-hydrogen) atoms. The van der Waals surface area contributed by atoms with Crippen molar-refractivity contribution >= 4 is 11.8 Å². The van der Waals surface area contributed by atoms with Crippen LogP contribution in [0.2, 0.25) is 0 Å². The normalized spacial score (nSPS) is 15.8. The first-order valence-corrected chi connectivity index (χ1v) is 9.88. The molecule has 1 N–H and O–H groups in total. The summed E-state index contributed by atoms with van der Waals surface area (Å²) in [7, 11) is 0. The largest absolute Gasteiger partial charge is 0.408 e. The lowest BCUT2D eigenvalue weighted by molar-refractivity contribution is -0.188. The molecule has 0 aliphatic carbocycles. The SMILES string of the molecule is Cc1c(Cc2ccc(F)c(C(=O)N3CCN([C@H](C)C(F)(F)F)C(=O)C3)c2)n[nH]c(=O)c1C. The Hall–Kier alpha value is -3.24. The second-order valence-corrected chi connectivity index (χ2v) is 7.77. The summed E-state index contributed by atoms with van der Waals surface area (Å²) in [5.74, 6) is -2.44. The summed E-state index contributed by atoms with van der Waals surface area (Å²) in [6.07, 6.45) is -4.35. The lowest BCUT2D eigenvalue weighted by atomic mass is 10.0. The van der Waals surface area contributed by atoms with Gasteiger partial charge in [0.25, 0.3) is 11.5 Å². The third kappa shape index (κ3) is 4.66. The molecule has 0 radical (unpaired) electrons. The number of carbonyl (C=O) groups is 2. The Labute approximate surface area is 181 Å². The first-order chi connectivity index (χ1) is 14.9. The maximum atomic E-state index is 14.4. The van der Waals surface area contributed by atoms with E-state index in [9.17, 15) is 31.9 Å². The smallest absolute Gasteiger partial charge is 0.328 e. The predicted molar refractivity (Wildman–Crippen MR) is 107 cm³/mol. The average molecular weight is 454 g/mol. The third-order valence-corrected chi connectivity index (χ3v) is 5.75. The highest BCUT2D eigenvalue weighted by atomic mass is 19.4. The van der Waals surface area contributed by atoms with E-state index in [0.717, 1.165) is 17.9 Å². The van der Waals surface area contributed by atoms with Crippen LogP contribution in [0.4, 0.5) is 17.6 Å². The molecule has 7 nitrogen and oxygen atoms in total. The lowest BCUT2D eigenvalue weighted by Gasteiger charge is -2.38. The Kier molecular flexibility index (Phi) is 6.38. The molecule has 3 rings (SSSR count). The number of hydrogen-bond acceptors (Lipinski definition) is 4. The lowest BCUT2D eigenvalue weighted by Crippen LogP contribution is -2.58. The maximum absolute atomic E-state index is 14.4. The quantitative estimate of drug-likeness (QED) is 0.719. The summed E-state index contributed by atoms with van der Waals surface area (Å²) in [4.78, 5) is 38.4. The highest BCUT2D eigenvalue weighted by Gasteiger charge is 2.44. The molecule has 2 aromatic rings. The van der Waals surface area contributed by atoms with Gasteiger partial charge in [-0.15, -0.1) is 0 Å². The molecule has 0 unspecified atom stereocenters.